The SMILES string of the molecule is CCCCCCCCCCCCS(=O)C(CCCCCCC)C(C)OCCCOP(=O)(O)OC[C@H]1O[C@@H](n2cc(F)c(=O)[nH]c2=O)[C@H](O)[C@@H]1O. The summed E-state index contributed by atoms with van der Waals surface area (Å²) in [6.45, 7) is 5.67. The molecule has 0 radical (unpaired) electrons. The van der Waals surface area contributed by atoms with Crippen molar-refractivity contribution in [1.29, 1.82) is 0 Å². The number of aliphatic hydroxyl groups excluding tert-OH is 2. The molecule has 4 unspecified atom stereocenters. The minimum absolute atomic E-state index is 0.0936. The number of ether oxygens (including phenoxy) is 2. The largest absolute Gasteiger partial charge is 0.472 e. The lowest BCUT2D eigenvalue weighted by Crippen LogP contribution is -2.38. The highest BCUT2D eigenvalue weighted by Crippen LogP contribution is 2.44. The average molecular weight is 757 g/mol. The predicted octanol–water partition coefficient (Wildman–Crippen LogP) is 5.62. The molecule has 2 rings (SSSR count). The van der Waals surface area contributed by atoms with E-state index in [2.05, 4.69) is 13.8 Å². The fourth-order valence-corrected chi connectivity index (χ4v) is 8.48. The number of phosphoric ester groups is 1. The van der Waals surface area contributed by atoms with Gasteiger partial charge < -0.3 is 24.6 Å². The summed E-state index contributed by atoms with van der Waals surface area (Å²) in [5, 5.41) is 20.5. The first-order chi connectivity index (χ1) is 23.9. The van der Waals surface area contributed by atoms with Crippen molar-refractivity contribution in [2.24, 2.45) is 0 Å². The fourth-order valence-electron chi connectivity index (χ4n) is 5.98. The average Bonchev–Trinajstić information content (AvgIpc) is 3.36. The Morgan fingerprint density at radius 2 is 1.48 bits per heavy atom. The number of aromatic nitrogens is 2. The number of nitrogens with zero attached hydrogens (tertiary/aromatic N) is 1. The first-order valence-corrected chi connectivity index (χ1v) is 21.4. The summed E-state index contributed by atoms with van der Waals surface area (Å²) in [6, 6.07) is 0. The molecule has 0 aromatic carbocycles. The Hall–Kier alpha value is -1.29. The Morgan fingerprint density at radius 3 is 2.10 bits per heavy atom. The number of H-pyrrole nitrogens is 1. The van der Waals surface area contributed by atoms with Crippen LogP contribution < -0.4 is 11.2 Å². The maximum atomic E-state index is 13.7. The Balaban J connectivity index is 1.74. The van der Waals surface area contributed by atoms with Crippen LogP contribution >= 0.6 is 7.82 Å². The standard InChI is InChI=1S/C34H62FN2O11PS/c1-4-6-8-10-11-12-13-14-16-18-23-50(44)29(20-17-15-9-7-5-2)26(3)45-21-19-22-46-49(42,43)47-25-28-30(38)31(39)33(48-28)37-24-27(35)32(40)36-34(37)41/h24,26,28-31,33,38-39H,4-23,25H2,1-3H3,(H,42,43)(H,36,40,41)/t26?,28-,29?,30-,31-,33-,50?/m1/s1. The highest BCUT2D eigenvalue weighted by molar-refractivity contribution is 7.85. The summed E-state index contributed by atoms with van der Waals surface area (Å²) in [4.78, 5) is 35.2. The Labute approximate surface area is 298 Å². The number of halogens is 1. The summed E-state index contributed by atoms with van der Waals surface area (Å²) in [5.41, 5.74) is -2.34. The van der Waals surface area contributed by atoms with Crippen molar-refractivity contribution >= 4 is 18.6 Å². The van der Waals surface area contributed by atoms with E-state index in [0.29, 0.717) is 16.5 Å². The molecule has 50 heavy (non-hydrogen) atoms. The molecule has 1 saturated heterocycles. The molecule has 0 aliphatic carbocycles. The van der Waals surface area contributed by atoms with Crippen LogP contribution in [0.5, 0.6) is 0 Å². The van der Waals surface area contributed by atoms with Gasteiger partial charge >= 0.3 is 13.5 Å². The number of aliphatic hydroxyl groups is 2. The van der Waals surface area contributed by atoms with Gasteiger partial charge in [-0.1, -0.05) is 104 Å². The van der Waals surface area contributed by atoms with Crippen LogP contribution in [0.15, 0.2) is 15.8 Å². The molecule has 0 bridgehead atoms. The monoisotopic (exact) mass is 756 g/mol. The summed E-state index contributed by atoms with van der Waals surface area (Å²) >= 11 is 0. The number of phosphoric acid groups is 1. The first kappa shape index (κ1) is 44.9. The molecule has 0 amide bonds. The van der Waals surface area contributed by atoms with E-state index in [-0.39, 0.29) is 31.0 Å². The lowest BCUT2D eigenvalue weighted by Gasteiger charge is -2.24. The molecule has 16 heteroatoms. The summed E-state index contributed by atoms with van der Waals surface area (Å²) < 4.78 is 61.4. The third kappa shape index (κ3) is 16.6. The minimum Gasteiger partial charge on any atom is -0.387 e. The van der Waals surface area contributed by atoms with Gasteiger partial charge in [-0.2, -0.15) is 4.39 Å². The molecule has 0 spiro atoms. The molecule has 1 aromatic rings. The number of aromatic amines is 1. The van der Waals surface area contributed by atoms with E-state index in [9.17, 15) is 37.9 Å². The van der Waals surface area contributed by atoms with E-state index < -0.39 is 66.8 Å². The summed E-state index contributed by atoms with van der Waals surface area (Å²) in [6.07, 6.45) is 12.8. The maximum absolute atomic E-state index is 13.7. The number of unbranched alkanes of at least 4 members (excludes halogenated alkanes) is 13. The number of nitrogens with one attached hydrogen (secondary N) is 1. The fraction of sp³-hybridized carbons (Fsp3) is 0.882. The third-order valence-corrected chi connectivity index (χ3v) is 12.0. The molecule has 1 aromatic heterocycles. The molecule has 4 N–H and O–H groups in total. The molecule has 292 valence electrons. The van der Waals surface area contributed by atoms with Gasteiger partial charge in [0.25, 0.3) is 5.56 Å². The van der Waals surface area contributed by atoms with Crippen molar-refractivity contribution in [1.82, 2.24) is 9.55 Å². The van der Waals surface area contributed by atoms with Crippen LogP contribution in [-0.2, 0) is 33.9 Å². The van der Waals surface area contributed by atoms with Gasteiger partial charge in [0.2, 0.25) is 5.82 Å². The van der Waals surface area contributed by atoms with Crippen LogP contribution in [0.1, 0.15) is 136 Å². The van der Waals surface area contributed by atoms with Gasteiger partial charge in [-0.05, 0) is 26.2 Å². The van der Waals surface area contributed by atoms with Crippen LogP contribution in [0.3, 0.4) is 0 Å². The van der Waals surface area contributed by atoms with E-state index >= 15 is 0 Å². The highest BCUT2D eigenvalue weighted by Gasteiger charge is 2.45. The Morgan fingerprint density at radius 1 is 0.900 bits per heavy atom. The molecule has 2 heterocycles. The van der Waals surface area contributed by atoms with Gasteiger partial charge in [0.1, 0.15) is 18.3 Å². The Bertz CT molecular complexity index is 1270. The van der Waals surface area contributed by atoms with Gasteiger partial charge in [-0.3, -0.25) is 27.6 Å². The lowest BCUT2D eigenvalue weighted by atomic mass is 10.1. The van der Waals surface area contributed by atoms with Crippen LogP contribution in [0.2, 0.25) is 0 Å². The molecule has 1 aliphatic heterocycles. The van der Waals surface area contributed by atoms with Crippen LogP contribution in [0.25, 0.3) is 0 Å². The number of hydrogen-bond donors (Lipinski definition) is 4. The van der Waals surface area contributed by atoms with Crippen molar-refractivity contribution in [3.05, 3.63) is 32.9 Å². The number of rotatable bonds is 29. The van der Waals surface area contributed by atoms with E-state index in [0.717, 1.165) is 44.9 Å². The van der Waals surface area contributed by atoms with Crippen molar-refractivity contribution in [3.63, 3.8) is 0 Å². The molecule has 1 fully saturated rings. The molecular formula is C34H62FN2O11PS. The third-order valence-electron chi connectivity index (χ3n) is 9.01. The van der Waals surface area contributed by atoms with Crippen molar-refractivity contribution in [2.45, 2.75) is 166 Å². The molecule has 13 nitrogen and oxygen atoms in total. The van der Waals surface area contributed by atoms with Crippen LogP contribution in [0.4, 0.5) is 4.39 Å². The first-order valence-electron chi connectivity index (χ1n) is 18.5. The molecule has 8 atom stereocenters. The van der Waals surface area contributed by atoms with E-state index in [4.69, 9.17) is 18.5 Å². The molecule has 1 aliphatic rings. The Kier molecular flexibility index (Phi) is 22.3. The van der Waals surface area contributed by atoms with Crippen molar-refractivity contribution in [2.75, 3.05) is 25.6 Å². The normalized spacial score (nSPS) is 22.4. The van der Waals surface area contributed by atoms with Crippen molar-refractivity contribution < 1.29 is 46.8 Å². The zero-order chi connectivity index (χ0) is 36.9. The summed E-state index contributed by atoms with van der Waals surface area (Å²) in [5.74, 6) is -0.648. The van der Waals surface area contributed by atoms with Gasteiger partial charge in [-0.25, -0.2) is 9.36 Å². The van der Waals surface area contributed by atoms with E-state index in [1.54, 1.807) is 4.98 Å². The van der Waals surface area contributed by atoms with Crippen LogP contribution in [0, 0.1) is 5.82 Å². The van der Waals surface area contributed by atoms with Crippen LogP contribution in [-0.4, -0.2) is 84.1 Å². The van der Waals surface area contributed by atoms with E-state index in [1.165, 1.54) is 57.8 Å². The quantitative estimate of drug-likeness (QED) is 0.0587. The lowest BCUT2D eigenvalue weighted by molar-refractivity contribution is -0.0557. The van der Waals surface area contributed by atoms with Crippen molar-refractivity contribution in [3.8, 4) is 0 Å². The zero-order valence-corrected chi connectivity index (χ0v) is 31.9. The second kappa shape index (κ2) is 24.9. The highest BCUT2D eigenvalue weighted by atomic mass is 32.2. The van der Waals surface area contributed by atoms with Gasteiger partial charge in [-0.15, -0.1) is 0 Å². The van der Waals surface area contributed by atoms with Gasteiger partial charge in [0, 0.05) is 23.2 Å². The van der Waals surface area contributed by atoms with Gasteiger partial charge in [0.15, 0.2) is 6.23 Å². The van der Waals surface area contributed by atoms with Gasteiger partial charge in [0.05, 0.1) is 30.8 Å². The second-order valence-corrected chi connectivity index (χ2v) is 16.5. The summed E-state index contributed by atoms with van der Waals surface area (Å²) in [7, 11) is -5.63. The maximum Gasteiger partial charge on any atom is 0.472 e. The molecule has 0 saturated carbocycles. The predicted molar refractivity (Wildman–Crippen MR) is 191 cm³/mol. The topological polar surface area (TPSA) is 187 Å². The van der Waals surface area contributed by atoms with E-state index in [1.807, 2.05) is 6.92 Å². The zero-order valence-electron chi connectivity index (χ0n) is 30.2. The smallest absolute Gasteiger partial charge is 0.387 e. The number of hydrogen-bond acceptors (Lipinski definition) is 10. The molecular weight excluding hydrogens is 694 g/mol. The minimum atomic E-state index is -4.61. The second-order valence-electron chi connectivity index (χ2n) is 13.2.